The van der Waals surface area contributed by atoms with Crippen LogP contribution in [-0.2, 0) is 0 Å². The SMILES string of the molecule is Cc1c(N)[nH+]c(Br)c2ccccc12. The first-order valence-electron chi connectivity index (χ1n) is 4.06. The molecule has 1 heterocycles. The fraction of sp³-hybridized carbons (Fsp3) is 0.100. The summed E-state index contributed by atoms with van der Waals surface area (Å²) in [6.45, 7) is 2.01. The number of fused-ring (bicyclic) bond motifs is 1. The first kappa shape index (κ1) is 8.51. The highest BCUT2D eigenvalue weighted by Crippen LogP contribution is 2.24. The number of nitrogens with two attached hydrogens (primary N) is 1. The van der Waals surface area contributed by atoms with Gasteiger partial charge in [0.1, 0.15) is 0 Å². The molecule has 0 aliphatic rings. The summed E-state index contributed by atoms with van der Waals surface area (Å²) in [5.41, 5.74) is 6.90. The largest absolute Gasteiger partial charge is 0.287 e. The van der Waals surface area contributed by atoms with E-state index in [-0.39, 0.29) is 0 Å². The number of hydrogen-bond acceptors (Lipinski definition) is 1. The van der Waals surface area contributed by atoms with E-state index in [9.17, 15) is 0 Å². The first-order chi connectivity index (χ1) is 6.20. The molecule has 2 rings (SSSR count). The minimum atomic E-state index is 0.713. The zero-order valence-electron chi connectivity index (χ0n) is 7.26. The molecule has 0 aliphatic heterocycles. The van der Waals surface area contributed by atoms with E-state index in [4.69, 9.17) is 5.73 Å². The van der Waals surface area contributed by atoms with Crippen molar-refractivity contribution in [2.45, 2.75) is 6.92 Å². The minimum Gasteiger partial charge on any atom is -0.287 e. The summed E-state index contributed by atoms with van der Waals surface area (Å²) in [7, 11) is 0. The van der Waals surface area contributed by atoms with Crippen molar-refractivity contribution in [1.82, 2.24) is 0 Å². The number of aryl methyl sites for hydroxylation is 1. The average molecular weight is 238 g/mol. The van der Waals surface area contributed by atoms with Crippen molar-refractivity contribution in [2.75, 3.05) is 5.73 Å². The quantitative estimate of drug-likeness (QED) is 0.703. The van der Waals surface area contributed by atoms with Crippen LogP contribution >= 0.6 is 15.9 Å². The van der Waals surface area contributed by atoms with Gasteiger partial charge in [-0.25, -0.2) is 4.98 Å². The number of nitrogen functional groups attached to an aromatic ring is 1. The number of aromatic amines is 1. The van der Waals surface area contributed by atoms with Gasteiger partial charge in [0.05, 0.1) is 0 Å². The Morgan fingerprint density at radius 3 is 2.54 bits per heavy atom. The molecule has 0 saturated carbocycles. The highest BCUT2D eigenvalue weighted by molar-refractivity contribution is 9.10. The lowest BCUT2D eigenvalue weighted by atomic mass is 10.1. The van der Waals surface area contributed by atoms with E-state index in [0.717, 1.165) is 15.6 Å². The fourth-order valence-corrected chi connectivity index (χ4v) is 1.99. The van der Waals surface area contributed by atoms with Crippen molar-refractivity contribution >= 4 is 32.5 Å². The summed E-state index contributed by atoms with van der Waals surface area (Å²) in [6.07, 6.45) is 0. The second-order valence-corrected chi connectivity index (χ2v) is 3.82. The number of H-pyrrole nitrogens is 1. The summed E-state index contributed by atoms with van der Waals surface area (Å²) >= 11 is 3.45. The second-order valence-electron chi connectivity index (χ2n) is 3.02. The fourth-order valence-electron chi connectivity index (χ4n) is 1.43. The van der Waals surface area contributed by atoms with Gasteiger partial charge >= 0.3 is 0 Å². The smallest absolute Gasteiger partial charge is 0.274 e. The Hall–Kier alpha value is -1.09. The molecular weight excluding hydrogens is 228 g/mol. The Morgan fingerprint density at radius 2 is 1.85 bits per heavy atom. The third-order valence-electron chi connectivity index (χ3n) is 2.22. The van der Waals surface area contributed by atoms with Crippen molar-refractivity contribution in [3.63, 3.8) is 0 Å². The van der Waals surface area contributed by atoms with E-state index in [2.05, 4.69) is 33.0 Å². The average Bonchev–Trinajstić information content (AvgIpc) is 2.15. The van der Waals surface area contributed by atoms with Crippen molar-refractivity contribution in [3.8, 4) is 0 Å². The van der Waals surface area contributed by atoms with Gasteiger partial charge in [-0.3, -0.25) is 5.73 Å². The predicted molar refractivity (Wildman–Crippen MR) is 57.4 cm³/mol. The van der Waals surface area contributed by atoms with Crippen LogP contribution < -0.4 is 10.7 Å². The van der Waals surface area contributed by atoms with Crippen LogP contribution in [0.2, 0.25) is 0 Å². The predicted octanol–water partition coefficient (Wildman–Crippen LogP) is 2.31. The van der Waals surface area contributed by atoms with Gasteiger partial charge in [0.15, 0.2) is 4.60 Å². The van der Waals surface area contributed by atoms with Gasteiger partial charge in [-0.15, -0.1) is 0 Å². The van der Waals surface area contributed by atoms with Crippen LogP contribution in [0.1, 0.15) is 5.56 Å². The lowest BCUT2D eigenvalue weighted by molar-refractivity contribution is -0.372. The maximum atomic E-state index is 5.80. The van der Waals surface area contributed by atoms with E-state index in [1.54, 1.807) is 0 Å². The number of hydrogen-bond donors (Lipinski definition) is 1. The molecule has 1 aromatic heterocycles. The zero-order chi connectivity index (χ0) is 9.42. The molecular formula is C10H10BrN2+. The number of pyridine rings is 1. The highest BCUT2D eigenvalue weighted by atomic mass is 79.9. The third kappa shape index (κ3) is 1.29. The molecule has 1 aromatic carbocycles. The first-order valence-corrected chi connectivity index (χ1v) is 4.85. The molecule has 0 bridgehead atoms. The summed E-state index contributed by atoms with van der Waals surface area (Å²) in [6, 6.07) is 8.15. The Kier molecular flexibility index (Phi) is 1.96. The minimum absolute atomic E-state index is 0.713. The van der Waals surface area contributed by atoms with Crippen LogP contribution in [0.3, 0.4) is 0 Å². The molecule has 3 heteroatoms. The number of benzene rings is 1. The molecule has 66 valence electrons. The molecule has 0 saturated heterocycles. The van der Waals surface area contributed by atoms with Gasteiger partial charge in [0.2, 0.25) is 0 Å². The van der Waals surface area contributed by atoms with E-state index < -0.39 is 0 Å². The van der Waals surface area contributed by atoms with Gasteiger partial charge in [-0.05, 0) is 34.3 Å². The molecule has 0 unspecified atom stereocenters. The molecule has 0 atom stereocenters. The molecule has 0 radical (unpaired) electrons. The van der Waals surface area contributed by atoms with Crippen LogP contribution in [0, 0.1) is 6.92 Å². The zero-order valence-corrected chi connectivity index (χ0v) is 8.85. The molecule has 0 aliphatic carbocycles. The number of rotatable bonds is 0. The Labute approximate surface area is 84.9 Å². The van der Waals surface area contributed by atoms with Gasteiger partial charge in [-0.1, -0.05) is 18.2 Å². The topological polar surface area (TPSA) is 40.2 Å². The van der Waals surface area contributed by atoms with Gasteiger partial charge < -0.3 is 0 Å². The number of anilines is 1. The van der Waals surface area contributed by atoms with Crippen LogP contribution in [0.5, 0.6) is 0 Å². The monoisotopic (exact) mass is 237 g/mol. The maximum absolute atomic E-state index is 5.80. The number of nitrogens with one attached hydrogen (secondary N) is 1. The van der Waals surface area contributed by atoms with E-state index in [1.807, 2.05) is 19.1 Å². The van der Waals surface area contributed by atoms with E-state index in [0.29, 0.717) is 5.82 Å². The van der Waals surface area contributed by atoms with Crippen molar-refractivity contribution in [1.29, 1.82) is 0 Å². The molecule has 2 aromatic rings. The van der Waals surface area contributed by atoms with Crippen LogP contribution in [0.4, 0.5) is 5.82 Å². The Bertz CT molecular complexity index is 466. The lowest BCUT2D eigenvalue weighted by Crippen LogP contribution is -2.14. The van der Waals surface area contributed by atoms with Crippen molar-refractivity contribution < 1.29 is 4.98 Å². The molecule has 0 fully saturated rings. The van der Waals surface area contributed by atoms with E-state index >= 15 is 0 Å². The van der Waals surface area contributed by atoms with Gasteiger partial charge in [0, 0.05) is 10.9 Å². The molecule has 0 amide bonds. The number of aromatic nitrogens is 1. The molecule has 0 spiro atoms. The Balaban J connectivity index is 2.97. The summed E-state index contributed by atoms with van der Waals surface area (Å²) in [5.74, 6) is 0.713. The second kappa shape index (κ2) is 3.00. The van der Waals surface area contributed by atoms with Crippen LogP contribution in [-0.4, -0.2) is 0 Å². The van der Waals surface area contributed by atoms with E-state index in [1.165, 1.54) is 5.39 Å². The summed E-state index contributed by atoms with van der Waals surface area (Å²) in [5, 5.41) is 2.35. The molecule has 2 nitrogen and oxygen atoms in total. The van der Waals surface area contributed by atoms with Crippen LogP contribution in [0.15, 0.2) is 28.9 Å². The molecule has 3 N–H and O–H groups in total. The van der Waals surface area contributed by atoms with Gasteiger partial charge in [-0.2, -0.15) is 0 Å². The normalized spacial score (nSPS) is 10.6. The Morgan fingerprint density at radius 1 is 1.23 bits per heavy atom. The van der Waals surface area contributed by atoms with Crippen molar-refractivity contribution in [3.05, 3.63) is 34.4 Å². The van der Waals surface area contributed by atoms with Crippen LogP contribution in [0.25, 0.3) is 10.8 Å². The standard InChI is InChI=1S/C10H9BrN2/c1-6-7-4-2-3-5-8(7)9(11)13-10(6)12/h2-5H,1H3,(H2,12,13)/p+1. The van der Waals surface area contributed by atoms with Crippen molar-refractivity contribution in [2.24, 2.45) is 0 Å². The summed E-state index contributed by atoms with van der Waals surface area (Å²) < 4.78 is 0.936. The molecule has 13 heavy (non-hydrogen) atoms. The summed E-state index contributed by atoms with van der Waals surface area (Å²) in [4.78, 5) is 3.08. The maximum Gasteiger partial charge on any atom is 0.274 e. The highest BCUT2D eigenvalue weighted by Gasteiger charge is 2.09. The third-order valence-corrected chi connectivity index (χ3v) is 2.84. The number of halogens is 1. The lowest BCUT2D eigenvalue weighted by Gasteiger charge is -2.02. The van der Waals surface area contributed by atoms with Gasteiger partial charge in [0.25, 0.3) is 5.82 Å².